The number of halogens is 5. The lowest BCUT2D eigenvalue weighted by atomic mass is 10.1. The number of alkyl halides is 3. The first-order chi connectivity index (χ1) is 7.88. The first kappa shape index (κ1) is 12.3. The maximum atomic E-state index is 12.4. The summed E-state index contributed by atoms with van der Waals surface area (Å²) in [6.45, 7) is 0. The van der Waals surface area contributed by atoms with E-state index in [1.807, 2.05) is 0 Å². The van der Waals surface area contributed by atoms with Crippen LogP contribution in [-0.4, -0.2) is 4.98 Å². The van der Waals surface area contributed by atoms with Crippen molar-refractivity contribution in [2.45, 2.75) is 6.18 Å². The van der Waals surface area contributed by atoms with Crippen molar-refractivity contribution in [3.05, 3.63) is 46.1 Å². The maximum absolute atomic E-state index is 12.4. The van der Waals surface area contributed by atoms with E-state index in [9.17, 15) is 13.2 Å². The van der Waals surface area contributed by atoms with Crippen LogP contribution in [0, 0.1) is 0 Å². The third kappa shape index (κ3) is 2.58. The molecule has 0 aliphatic carbocycles. The molecule has 1 N–H and O–H groups in total. The summed E-state index contributed by atoms with van der Waals surface area (Å²) < 4.78 is 37.3. The Balaban J connectivity index is 2.45. The fraction of sp³-hybridized carbons (Fsp3) is 0.0909. The zero-order chi connectivity index (χ0) is 12.6. The van der Waals surface area contributed by atoms with Gasteiger partial charge in [0.05, 0.1) is 15.6 Å². The van der Waals surface area contributed by atoms with E-state index in [-0.39, 0.29) is 5.02 Å². The Morgan fingerprint density at radius 3 is 2.24 bits per heavy atom. The number of aromatic nitrogens is 1. The molecule has 2 aromatic rings. The second-order valence-electron chi connectivity index (χ2n) is 3.42. The predicted octanol–water partition coefficient (Wildman–Crippen LogP) is 5.01. The summed E-state index contributed by atoms with van der Waals surface area (Å²) >= 11 is 11.5. The van der Waals surface area contributed by atoms with E-state index in [4.69, 9.17) is 23.2 Å². The van der Waals surface area contributed by atoms with Crippen LogP contribution >= 0.6 is 23.2 Å². The summed E-state index contributed by atoms with van der Waals surface area (Å²) in [6, 6.07) is 4.78. The molecule has 0 aliphatic rings. The van der Waals surface area contributed by atoms with Gasteiger partial charge >= 0.3 is 6.18 Å². The van der Waals surface area contributed by atoms with Crippen molar-refractivity contribution in [2.24, 2.45) is 0 Å². The second kappa shape index (κ2) is 4.27. The molecule has 0 radical (unpaired) electrons. The summed E-state index contributed by atoms with van der Waals surface area (Å²) in [6.07, 6.45) is -2.86. The van der Waals surface area contributed by atoms with Crippen LogP contribution in [0.15, 0.2) is 30.5 Å². The monoisotopic (exact) mass is 279 g/mol. The molecule has 1 aromatic heterocycles. The molecule has 2 rings (SSSR count). The van der Waals surface area contributed by atoms with Crippen LogP contribution in [0.1, 0.15) is 5.56 Å². The van der Waals surface area contributed by atoms with Crippen molar-refractivity contribution in [3.63, 3.8) is 0 Å². The molecule has 0 amide bonds. The minimum absolute atomic E-state index is 0.0262. The van der Waals surface area contributed by atoms with Crippen molar-refractivity contribution < 1.29 is 13.2 Å². The third-order valence-corrected chi connectivity index (χ3v) is 2.77. The minimum atomic E-state index is -4.39. The van der Waals surface area contributed by atoms with E-state index in [2.05, 4.69) is 4.98 Å². The predicted molar refractivity (Wildman–Crippen MR) is 61.3 cm³/mol. The lowest BCUT2D eigenvalue weighted by Crippen LogP contribution is -2.04. The van der Waals surface area contributed by atoms with Gasteiger partial charge in [0.2, 0.25) is 0 Å². The van der Waals surface area contributed by atoms with Crippen molar-refractivity contribution in [2.75, 3.05) is 0 Å². The van der Waals surface area contributed by atoms with Gasteiger partial charge in [-0.15, -0.1) is 0 Å². The largest absolute Gasteiger partial charge is 0.416 e. The number of aromatic amines is 1. The molecule has 0 spiro atoms. The summed E-state index contributed by atoms with van der Waals surface area (Å²) in [4.78, 5) is 2.82. The fourth-order valence-electron chi connectivity index (χ4n) is 1.43. The van der Waals surface area contributed by atoms with Crippen molar-refractivity contribution >= 4 is 23.2 Å². The molecule has 1 heterocycles. The average molecular weight is 280 g/mol. The molecule has 1 aromatic carbocycles. The smallest absolute Gasteiger partial charge is 0.360 e. The van der Waals surface area contributed by atoms with Crippen molar-refractivity contribution in [1.82, 2.24) is 4.98 Å². The van der Waals surface area contributed by atoms with Gasteiger partial charge in [0.25, 0.3) is 0 Å². The van der Waals surface area contributed by atoms with Gasteiger partial charge in [-0.1, -0.05) is 29.3 Å². The molecule has 0 aliphatic heterocycles. The molecule has 0 bridgehead atoms. The number of hydrogen-bond acceptors (Lipinski definition) is 0. The summed E-state index contributed by atoms with van der Waals surface area (Å²) in [5.74, 6) is 0. The van der Waals surface area contributed by atoms with Gasteiger partial charge in [0, 0.05) is 17.5 Å². The number of hydrogen-bond donors (Lipinski definition) is 1. The molecule has 0 saturated carbocycles. The Labute approximate surface area is 105 Å². The lowest BCUT2D eigenvalue weighted by Gasteiger charge is -2.09. The highest BCUT2D eigenvalue weighted by atomic mass is 35.5. The highest BCUT2D eigenvalue weighted by molar-refractivity contribution is 6.33. The Morgan fingerprint density at radius 2 is 1.76 bits per heavy atom. The Hall–Kier alpha value is -1.13. The van der Waals surface area contributed by atoms with E-state index >= 15 is 0 Å². The van der Waals surface area contributed by atoms with Gasteiger partial charge in [-0.2, -0.15) is 13.2 Å². The van der Waals surface area contributed by atoms with E-state index in [0.717, 1.165) is 12.1 Å². The number of H-pyrrole nitrogens is 1. The zero-order valence-corrected chi connectivity index (χ0v) is 9.79. The van der Waals surface area contributed by atoms with Crippen molar-refractivity contribution in [1.29, 1.82) is 0 Å². The third-order valence-electron chi connectivity index (χ3n) is 2.23. The van der Waals surface area contributed by atoms with Gasteiger partial charge < -0.3 is 4.98 Å². The number of rotatable bonds is 1. The molecular weight excluding hydrogens is 274 g/mol. The molecule has 90 valence electrons. The van der Waals surface area contributed by atoms with Gasteiger partial charge in [-0.3, -0.25) is 0 Å². The Morgan fingerprint density at radius 1 is 1.06 bits per heavy atom. The maximum Gasteiger partial charge on any atom is 0.416 e. The molecular formula is C11H6Cl2F3N. The molecule has 1 nitrogen and oxygen atoms in total. The molecule has 0 saturated heterocycles. The van der Waals surface area contributed by atoms with Gasteiger partial charge in [0.1, 0.15) is 0 Å². The van der Waals surface area contributed by atoms with Crippen molar-refractivity contribution in [3.8, 4) is 11.3 Å². The minimum Gasteiger partial charge on any atom is -0.360 e. The molecule has 6 heteroatoms. The highest BCUT2D eigenvalue weighted by Crippen LogP contribution is 2.35. The summed E-state index contributed by atoms with van der Waals surface area (Å²) in [5, 5.41) is 0.495. The summed E-state index contributed by atoms with van der Waals surface area (Å²) in [7, 11) is 0. The van der Waals surface area contributed by atoms with Gasteiger partial charge in [-0.25, -0.2) is 0 Å². The second-order valence-corrected chi connectivity index (χ2v) is 4.27. The van der Waals surface area contributed by atoms with Crippen LogP contribution in [0.25, 0.3) is 11.3 Å². The van der Waals surface area contributed by atoms with Crippen LogP contribution in [0.2, 0.25) is 10.0 Å². The van der Waals surface area contributed by atoms with Crippen LogP contribution in [-0.2, 0) is 6.18 Å². The molecule has 0 fully saturated rings. The quantitative estimate of drug-likeness (QED) is 0.756. The average Bonchev–Trinajstić information content (AvgIpc) is 2.63. The standard InChI is InChI=1S/C11H6Cl2F3N/c12-7-4-10(17-5-7)8-2-1-6(3-9(8)13)11(14,15)16/h1-5,17H. The zero-order valence-electron chi connectivity index (χ0n) is 8.28. The topological polar surface area (TPSA) is 15.8 Å². The lowest BCUT2D eigenvalue weighted by molar-refractivity contribution is -0.137. The molecule has 0 atom stereocenters. The van der Waals surface area contributed by atoms with Crippen LogP contribution in [0.3, 0.4) is 0 Å². The molecule has 17 heavy (non-hydrogen) atoms. The van der Waals surface area contributed by atoms with E-state index in [1.54, 1.807) is 6.07 Å². The Kier molecular flexibility index (Phi) is 3.10. The first-order valence-electron chi connectivity index (χ1n) is 4.59. The van der Waals surface area contributed by atoms with Gasteiger partial charge in [0.15, 0.2) is 0 Å². The highest BCUT2D eigenvalue weighted by Gasteiger charge is 2.30. The fourth-order valence-corrected chi connectivity index (χ4v) is 1.88. The van der Waals surface area contributed by atoms with E-state index in [0.29, 0.717) is 16.3 Å². The van der Waals surface area contributed by atoms with Crippen LogP contribution < -0.4 is 0 Å². The van der Waals surface area contributed by atoms with E-state index < -0.39 is 11.7 Å². The van der Waals surface area contributed by atoms with Crippen LogP contribution in [0.5, 0.6) is 0 Å². The Bertz CT molecular complexity index is 546. The SMILES string of the molecule is FC(F)(F)c1ccc(-c2cc(Cl)c[nH]2)c(Cl)c1. The number of benzene rings is 1. The molecule has 0 unspecified atom stereocenters. The first-order valence-corrected chi connectivity index (χ1v) is 5.34. The summed E-state index contributed by atoms with van der Waals surface area (Å²) in [5.41, 5.74) is 0.282. The van der Waals surface area contributed by atoms with Crippen LogP contribution in [0.4, 0.5) is 13.2 Å². The normalized spacial score (nSPS) is 11.8. The van der Waals surface area contributed by atoms with E-state index in [1.165, 1.54) is 12.3 Å². The number of nitrogens with one attached hydrogen (secondary N) is 1. The van der Waals surface area contributed by atoms with Gasteiger partial charge in [-0.05, 0) is 18.2 Å².